The Hall–Kier alpha value is -3.72. The summed E-state index contributed by atoms with van der Waals surface area (Å²) in [5.41, 5.74) is 1.71. The zero-order chi connectivity index (χ0) is 23.8. The average molecular weight is 465 g/mol. The minimum absolute atomic E-state index is 0.0507. The van der Waals surface area contributed by atoms with Crippen LogP contribution in [0, 0.1) is 0 Å². The van der Waals surface area contributed by atoms with Crippen molar-refractivity contribution in [2.24, 2.45) is 0 Å². The Morgan fingerprint density at radius 2 is 2.12 bits per heavy atom. The van der Waals surface area contributed by atoms with Gasteiger partial charge in [-0.25, -0.2) is 0 Å². The Morgan fingerprint density at radius 1 is 1.21 bits per heavy atom. The standard InChI is InChI=1S/C25H28N4O5/c1-32-20-8-4-6-18(14-20)23-15-22(28-34-23)25(31)29(17-21-9-5-13-33-21)12-10-24(30)27-16-19-7-2-3-11-26-19/h2-4,6-8,11,14-15,21H,5,9-10,12-13,16-17H2,1H3,(H,27,30). The van der Waals surface area contributed by atoms with Gasteiger partial charge in [-0.3, -0.25) is 14.6 Å². The van der Waals surface area contributed by atoms with E-state index in [1.54, 1.807) is 24.3 Å². The summed E-state index contributed by atoms with van der Waals surface area (Å²) in [5.74, 6) is 0.685. The molecule has 1 aliphatic heterocycles. The van der Waals surface area contributed by atoms with E-state index in [4.69, 9.17) is 14.0 Å². The molecule has 9 heteroatoms. The normalized spacial score (nSPS) is 15.1. The number of ether oxygens (including phenoxy) is 2. The van der Waals surface area contributed by atoms with Gasteiger partial charge in [0, 0.05) is 43.9 Å². The van der Waals surface area contributed by atoms with Crippen molar-refractivity contribution >= 4 is 11.8 Å². The Morgan fingerprint density at radius 3 is 2.88 bits per heavy atom. The molecule has 0 saturated carbocycles. The molecule has 1 fully saturated rings. The van der Waals surface area contributed by atoms with Gasteiger partial charge < -0.3 is 24.2 Å². The van der Waals surface area contributed by atoms with Crippen molar-refractivity contribution in [2.75, 3.05) is 26.8 Å². The van der Waals surface area contributed by atoms with Gasteiger partial charge in [0.05, 0.1) is 25.5 Å². The molecule has 1 saturated heterocycles. The minimum Gasteiger partial charge on any atom is -0.497 e. The highest BCUT2D eigenvalue weighted by atomic mass is 16.5. The monoisotopic (exact) mass is 464 g/mol. The lowest BCUT2D eigenvalue weighted by Crippen LogP contribution is -2.40. The van der Waals surface area contributed by atoms with Crippen LogP contribution in [0.15, 0.2) is 59.3 Å². The Kier molecular flexibility index (Phi) is 7.87. The topological polar surface area (TPSA) is 107 Å². The summed E-state index contributed by atoms with van der Waals surface area (Å²) in [7, 11) is 1.59. The van der Waals surface area contributed by atoms with Crippen LogP contribution < -0.4 is 10.1 Å². The van der Waals surface area contributed by atoms with E-state index in [-0.39, 0.29) is 36.6 Å². The first-order valence-electron chi connectivity index (χ1n) is 11.3. The van der Waals surface area contributed by atoms with Crippen molar-refractivity contribution in [2.45, 2.75) is 31.9 Å². The summed E-state index contributed by atoms with van der Waals surface area (Å²) in [6.07, 6.45) is 3.63. The van der Waals surface area contributed by atoms with Crippen molar-refractivity contribution in [3.63, 3.8) is 0 Å². The number of pyridine rings is 1. The molecule has 0 radical (unpaired) electrons. The zero-order valence-electron chi connectivity index (χ0n) is 19.1. The van der Waals surface area contributed by atoms with Gasteiger partial charge in [0.1, 0.15) is 5.75 Å². The number of aromatic nitrogens is 2. The molecule has 2 amide bonds. The molecular weight excluding hydrogens is 436 g/mol. The van der Waals surface area contributed by atoms with E-state index >= 15 is 0 Å². The fourth-order valence-electron chi connectivity index (χ4n) is 3.78. The lowest BCUT2D eigenvalue weighted by Gasteiger charge is -2.24. The van der Waals surface area contributed by atoms with Gasteiger partial charge in [-0.2, -0.15) is 0 Å². The largest absolute Gasteiger partial charge is 0.497 e. The fourth-order valence-corrected chi connectivity index (χ4v) is 3.78. The van der Waals surface area contributed by atoms with Crippen molar-refractivity contribution < 1.29 is 23.6 Å². The first-order chi connectivity index (χ1) is 16.6. The lowest BCUT2D eigenvalue weighted by atomic mass is 10.1. The Labute approximate surface area is 198 Å². The molecule has 1 aromatic carbocycles. The number of carbonyl (C=O) groups excluding carboxylic acids is 2. The van der Waals surface area contributed by atoms with Gasteiger partial charge >= 0.3 is 0 Å². The van der Waals surface area contributed by atoms with Crippen LogP contribution >= 0.6 is 0 Å². The van der Waals surface area contributed by atoms with E-state index in [1.165, 1.54) is 0 Å². The molecule has 9 nitrogen and oxygen atoms in total. The number of carbonyl (C=O) groups is 2. The van der Waals surface area contributed by atoms with Crippen LogP contribution in [0.5, 0.6) is 5.75 Å². The molecular formula is C25H28N4O5. The molecule has 0 aliphatic carbocycles. The number of nitrogens with one attached hydrogen (secondary N) is 1. The Bertz CT molecular complexity index is 1100. The summed E-state index contributed by atoms with van der Waals surface area (Å²) < 4.78 is 16.4. The van der Waals surface area contributed by atoms with Crippen LogP contribution in [0.4, 0.5) is 0 Å². The van der Waals surface area contributed by atoms with Crippen molar-refractivity contribution in [3.8, 4) is 17.1 Å². The number of methoxy groups -OCH3 is 1. The molecule has 178 valence electrons. The third-order valence-corrected chi connectivity index (χ3v) is 5.62. The number of amides is 2. The van der Waals surface area contributed by atoms with Gasteiger partial charge in [0.2, 0.25) is 5.91 Å². The van der Waals surface area contributed by atoms with E-state index in [0.29, 0.717) is 31.2 Å². The highest BCUT2D eigenvalue weighted by Crippen LogP contribution is 2.25. The third kappa shape index (κ3) is 6.20. The van der Waals surface area contributed by atoms with Crippen molar-refractivity contribution in [1.82, 2.24) is 20.4 Å². The summed E-state index contributed by atoms with van der Waals surface area (Å²) in [5, 5.41) is 6.84. The maximum Gasteiger partial charge on any atom is 0.276 e. The molecule has 1 N–H and O–H groups in total. The summed E-state index contributed by atoms with van der Waals surface area (Å²) in [4.78, 5) is 31.5. The van der Waals surface area contributed by atoms with Gasteiger partial charge in [0.15, 0.2) is 11.5 Å². The van der Waals surface area contributed by atoms with Crippen molar-refractivity contribution in [3.05, 3.63) is 66.1 Å². The zero-order valence-corrected chi connectivity index (χ0v) is 19.1. The lowest BCUT2D eigenvalue weighted by molar-refractivity contribution is -0.121. The highest BCUT2D eigenvalue weighted by molar-refractivity contribution is 5.93. The average Bonchev–Trinajstić information content (AvgIpc) is 3.58. The molecule has 0 bridgehead atoms. The van der Waals surface area contributed by atoms with Crippen molar-refractivity contribution in [1.29, 1.82) is 0 Å². The van der Waals surface area contributed by atoms with Gasteiger partial charge in [-0.05, 0) is 37.1 Å². The molecule has 4 rings (SSSR count). The quantitative estimate of drug-likeness (QED) is 0.491. The second-order valence-corrected chi connectivity index (χ2v) is 8.04. The number of hydrogen-bond donors (Lipinski definition) is 1. The fraction of sp³-hybridized carbons (Fsp3) is 0.360. The summed E-state index contributed by atoms with van der Waals surface area (Å²) in [6, 6.07) is 14.5. The maximum atomic E-state index is 13.3. The molecule has 3 heterocycles. The number of hydrogen-bond acceptors (Lipinski definition) is 7. The SMILES string of the molecule is COc1cccc(-c2cc(C(=O)N(CCC(=O)NCc3ccccn3)CC3CCCO3)no2)c1. The van der Waals surface area contributed by atoms with Crippen LogP contribution in [-0.4, -0.2) is 59.8 Å². The van der Waals surface area contributed by atoms with E-state index in [9.17, 15) is 9.59 Å². The number of rotatable bonds is 10. The molecule has 3 aromatic rings. The van der Waals surface area contributed by atoms with E-state index < -0.39 is 0 Å². The molecule has 1 aliphatic rings. The van der Waals surface area contributed by atoms with Gasteiger partial charge in [-0.15, -0.1) is 0 Å². The molecule has 1 unspecified atom stereocenters. The second-order valence-electron chi connectivity index (χ2n) is 8.04. The summed E-state index contributed by atoms with van der Waals surface area (Å²) in [6.45, 7) is 1.66. The van der Waals surface area contributed by atoms with Crippen LogP contribution in [0.25, 0.3) is 11.3 Å². The number of nitrogens with zero attached hydrogens (tertiary/aromatic N) is 3. The van der Waals surface area contributed by atoms with Crippen LogP contribution in [0.2, 0.25) is 0 Å². The van der Waals surface area contributed by atoms with Crippen LogP contribution in [0.1, 0.15) is 35.4 Å². The molecule has 34 heavy (non-hydrogen) atoms. The molecule has 0 spiro atoms. The smallest absolute Gasteiger partial charge is 0.276 e. The first kappa shape index (κ1) is 23.4. The van der Waals surface area contributed by atoms with Crippen LogP contribution in [0.3, 0.4) is 0 Å². The van der Waals surface area contributed by atoms with Gasteiger partial charge in [-0.1, -0.05) is 23.4 Å². The van der Waals surface area contributed by atoms with E-state index in [1.807, 2.05) is 42.5 Å². The predicted octanol–water partition coefficient (Wildman–Crippen LogP) is 3.07. The molecule has 1 atom stereocenters. The summed E-state index contributed by atoms with van der Waals surface area (Å²) >= 11 is 0. The second kappa shape index (κ2) is 11.4. The predicted molar refractivity (Wildman–Crippen MR) is 124 cm³/mol. The van der Waals surface area contributed by atoms with E-state index in [2.05, 4.69) is 15.5 Å². The highest BCUT2D eigenvalue weighted by Gasteiger charge is 2.26. The number of benzene rings is 1. The van der Waals surface area contributed by atoms with Crippen LogP contribution in [-0.2, 0) is 16.1 Å². The van der Waals surface area contributed by atoms with E-state index in [0.717, 1.165) is 24.1 Å². The third-order valence-electron chi connectivity index (χ3n) is 5.62. The first-order valence-corrected chi connectivity index (χ1v) is 11.3. The molecule has 2 aromatic heterocycles. The Balaban J connectivity index is 1.41. The van der Waals surface area contributed by atoms with Gasteiger partial charge in [0.25, 0.3) is 5.91 Å². The maximum absolute atomic E-state index is 13.3. The minimum atomic E-state index is -0.300.